The Bertz CT molecular complexity index is 625. The van der Waals surface area contributed by atoms with Gasteiger partial charge in [-0.2, -0.15) is 0 Å². The number of benzene rings is 1. The third-order valence-electron chi connectivity index (χ3n) is 2.89. The molecule has 1 atom stereocenters. The van der Waals surface area contributed by atoms with Crippen LogP contribution < -0.4 is 5.32 Å². The fourth-order valence-electron chi connectivity index (χ4n) is 1.74. The fraction of sp³-hybridized carbons (Fsp3) is 0.286. The summed E-state index contributed by atoms with van der Waals surface area (Å²) in [6.07, 6.45) is 1.80. The number of aromatic hydroxyl groups is 2. The molecule has 20 heavy (non-hydrogen) atoms. The molecule has 0 bridgehead atoms. The number of rotatable bonds is 4. The smallest absolute Gasteiger partial charge is 0.255 e. The predicted octanol–water partition coefficient (Wildman–Crippen LogP) is 2.40. The summed E-state index contributed by atoms with van der Waals surface area (Å²) in [7, 11) is 0. The zero-order valence-corrected chi connectivity index (χ0v) is 12.1. The molecule has 6 heteroatoms. The summed E-state index contributed by atoms with van der Waals surface area (Å²) >= 11 is 1.60. The van der Waals surface area contributed by atoms with Gasteiger partial charge < -0.3 is 15.5 Å². The van der Waals surface area contributed by atoms with Gasteiger partial charge in [0.25, 0.3) is 5.91 Å². The van der Waals surface area contributed by atoms with E-state index in [0.29, 0.717) is 6.54 Å². The van der Waals surface area contributed by atoms with Crippen LogP contribution in [0.5, 0.6) is 11.5 Å². The van der Waals surface area contributed by atoms with E-state index in [4.69, 9.17) is 0 Å². The van der Waals surface area contributed by atoms with Gasteiger partial charge in [0.05, 0.1) is 10.6 Å². The minimum atomic E-state index is -0.418. The summed E-state index contributed by atoms with van der Waals surface area (Å²) in [4.78, 5) is 17.4. The maximum absolute atomic E-state index is 12.0. The molecule has 0 fully saturated rings. The summed E-state index contributed by atoms with van der Waals surface area (Å²) in [6.45, 7) is 4.37. The topological polar surface area (TPSA) is 82.5 Å². The zero-order valence-electron chi connectivity index (χ0n) is 11.3. The van der Waals surface area contributed by atoms with Crippen molar-refractivity contribution in [2.24, 2.45) is 0 Å². The highest BCUT2D eigenvalue weighted by molar-refractivity contribution is 7.11. The number of carbonyl (C=O) groups is 1. The molecule has 0 aliphatic heterocycles. The van der Waals surface area contributed by atoms with E-state index >= 15 is 0 Å². The van der Waals surface area contributed by atoms with E-state index in [0.717, 1.165) is 9.88 Å². The van der Waals surface area contributed by atoms with Crippen molar-refractivity contribution in [1.29, 1.82) is 0 Å². The molecule has 0 saturated carbocycles. The number of amides is 1. The van der Waals surface area contributed by atoms with Gasteiger partial charge in [-0.3, -0.25) is 4.79 Å². The quantitative estimate of drug-likeness (QED) is 0.756. The fourth-order valence-corrected chi connectivity index (χ4v) is 2.57. The van der Waals surface area contributed by atoms with Crippen LogP contribution in [0, 0.1) is 6.92 Å². The maximum Gasteiger partial charge on any atom is 0.255 e. The molecule has 3 N–H and O–H groups in total. The average Bonchev–Trinajstić information content (AvgIpc) is 2.85. The van der Waals surface area contributed by atoms with Gasteiger partial charge in [-0.25, -0.2) is 4.98 Å². The first-order valence-corrected chi connectivity index (χ1v) is 7.02. The van der Waals surface area contributed by atoms with Crippen LogP contribution in [-0.2, 0) is 0 Å². The van der Waals surface area contributed by atoms with Gasteiger partial charge in [-0.15, -0.1) is 11.3 Å². The zero-order chi connectivity index (χ0) is 14.7. The Hall–Kier alpha value is -2.08. The number of phenolic OH excluding ortho intramolecular Hbond substituents is 2. The van der Waals surface area contributed by atoms with E-state index in [1.807, 2.05) is 13.8 Å². The molecule has 0 aliphatic carbocycles. The highest BCUT2D eigenvalue weighted by atomic mass is 32.1. The molecule has 0 aliphatic rings. The third kappa shape index (κ3) is 3.08. The standard InChI is InChI=1S/C14H16N2O3S/c1-8(14-16-7-9(2)20-14)6-15-13(19)10-4-3-5-11(17)12(10)18/h3-5,7-8,17-18H,6H2,1-2H3,(H,15,19)/t8-/m0/s1. The highest BCUT2D eigenvalue weighted by Gasteiger charge is 2.16. The first-order valence-electron chi connectivity index (χ1n) is 6.20. The van der Waals surface area contributed by atoms with Crippen molar-refractivity contribution in [3.8, 4) is 11.5 Å². The van der Waals surface area contributed by atoms with Crippen molar-refractivity contribution >= 4 is 17.2 Å². The Morgan fingerprint density at radius 1 is 1.45 bits per heavy atom. The minimum Gasteiger partial charge on any atom is -0.504 e. The molecule has 1 aromatic heterocycles. The van der Waals surface area contributed by atoms with Crippen molar-refractivity contribution in [2.75, 3.05) is 6.54 Å². The van der Waals surface area contributed by atoms with Gasteiger partial charge in [0.1, 0.15) is 0 Å². The van der Waals surface area contributed by atoms with Crippen molar-refractivity contribution in [2.45, 2.75) is 19.8 Å². The lowest BCUT2D eigenvalue weighted by molar-refractivity contribution is 0.0948. The van der Waals surface area contributed by atoms with Gasteiger partial charge in [0.15, 0.2) is 11.5 Å². The first kappa shape index (κ1) is 14.3. The summed E-state index contributed by atoms with van der Waals surface area (Å²) < 4.78 is 0. The second kappa shape index (κ2) is 5.92. The lowest BCUT2D eigenvalue weighted by atomic mass is 10.1. The molecule has 0 radical (unpaired) electrons. The molecule has 1 aromatic carbocycles. The Morgan fingerprint density at radius 3 is 2.85 bits per heavy atom. The van der Waals surface area contributed by atoms with E-state index < -0.39 is 11.7 Å². The van der Waals surface area contributed by atoms with Gasteiger partial charge >= 0.3 is 0 Å². The number of phenols is 2. The number of hydrogen-bond donors (Lipinski definition) is 3. The Labute approximate surface area is 120 Å². The number of nitrogens with zero attached hydrogens (tertiary/aromatic N) is 1. The van der Waals surface area contributed by atoms with Crippen LogP contribution >= 0.6 is 11.3 Å². The number of aromatic nitrogens is 1. The first-order chi connectivity index (χ1) is 9.49. The Kier molecular flexibility index (Phi) is 4.24. The molecular weight excluding hydrogens is 276 g/mol. The third-order valence-corrected chi connectivity index (χ3v) is 4.03. The van der Waals surface area contributed by atoms with Crippen molar-refractivity contribution < 1.29 is 15.0 Å². The van der Waals surface area contributed by atoms with Crippen molar-refractivity contribution in [3.63, 3.8) is 0 Å². The maximum atomic E-state index is 12.0. The number of para-hydroxylation sites is 1. The molecule has 1 heterocycles. The van der Waals surface area contributed by atoms with E-state index in [-0.39, 0.29) is 17.2 Å². The summed E-state index contributed by atoms with van der Waals surface area (Å²) in [5.74, 6) is -1.03. The second-order valence-corrected chi connectivity index (χ2v) is 5.86. The number of hydrogen-bond acceptors (Lipinski definition) is 5. The summed E-state index contributed by atoms with van der Waals surface area (Å²) in [6, 6.07) is 4.30. The number of aryl methyl sites for hydroxylation is 1. The van der Waals surface area contributed by atoms with Crippen LogP contribution in [0.15, 0.2) is 24.4 Å². The van der Waals surface area contributed by atoms with Crippen molar-refractivity contribution in [3.05, 3.63) is 39.8 Å². The average molecular weight is 292 g/mol. The van der Waals surface area contributed by atoms with Gasteiger partial charge in [0, 0.05) is 23.5 Å². The van der Waals surface area contributed by atoms with Crippen LogP contribution in [-0.4, -0.2) is 27.6 Å². The van der Waals surface area contributed by atoms with E-state index in [1.165, 1.54) is 18.2 Å². The Balaban J connectivity index is 2.00. The predicted molar refractivity (Wildman–Crippen MR) is 77.4 cm³/mol. The molecule has 2 rings (SSSR count). The van der Waals surface area contributed by atoms with Crippen LogP contribution in [0.3, 0.4) is 0 Å². The van der Waals surface area contributed by atoms with Crippen LogP contribution in [0.2, 0.25) is 0 Å². The molecule has 0 spiro atoms. The van der Waals surface area contributed by atoms with E-state index in [2.05, 4.69) is 10.3 Å². The lowest BCUT2D eigenvalue weighted by Gasteiger charge is -2.11. The van der Waals surface area contributed by atoms with Gasteiger partial charge in [0.2, 0.25) is 0 Å². The van der Waals surface area contributed by atoms with Crippen LogP contribution in [0.4, 0.5) is 0 Å². The monoisotopic (exact) mass is 292 g/mol. The SMILES string of the molecule is Cc1cnc([C@@H](C)CNC(=O)c2cccc(O)c2O)s1. The lowest BCUT2D eigenvalue weighted by Crippen LogP contribution is -2.27. The van der Waals surface area contributed by atoms with E-state index in [9.17, 15) is 15.0 Å². The van der Waals surface area contributed by atoms with E-state index in [1.54, 1.807) is 17.5 Å². The molecule has 0 saturated heterocycles. The minimum absolute atomic E-state index is 0.0625. The van der Waals surface area contributed by atoms with Crippen molar-refractivity contribution in [1.82, 2.24) is 10.3 Å². The van der Waals surface area contributed by atoms with Crippen LogP contribution in [0.25, 0.3) is 0 Å². The molecular formula is C14H16N2O3S. The molecule has 0 unspecified atom stereocenters. The summed E-state index contributed by atoms with van der Waals surface area (Å²) in [5, 5.41) is 22.7. The molecule has 2 aromatic rings. The van der Waals surface area contributed by atoms with Crippen LogP contribution in [0.1, 0.15) is 33.1 Å². The molecule has 1 amide bonds. The largest absolute Gasteiger partial charge is 0.504 e. The highest BCUT2D eigenvalue weighted by Crippen LogP contribution is 2.28. The number of carbonyl (C=O) groups excluding carboxylic acids is 1. The Morgan fingerprint density at radius 2 is 2.20 bits per heavy atom. The number of nitrogens with one attached hydrogen (secondary N) is 1. The van der Waals surface area contributed by atoms with Gasteiger partial charge in [-0.05, 0) is 19.1 Å². The summed E-state index contributed by atoms with van der Waals surface area (Å²) in [5.41, 5.74) is 0.0625. The molecule has 5 nitrogen and oxygen atoms in total. The number of thiazole rings is 1. The second-order valence-electron chi connectivity index (χ2n) is 4.59. The van der Waals surface area contributed by atoms with Gasteiger partial charge in [-0.1, -0.05) is 13.0 Å². The normalized spacial score (nSPS) is 12.1. The molecule has 106 valence electrons.